The maximum atomic E-state index is 11.6. The summed E-state index contributed by atoms with van der Waals surface area (Å²) in [4.78, 5) is 13.1. The van der Waals surface area contributed by atoms with Crippen molar-refractivity contribution in [1.82, 2.24) is 10.2 Å². The second-order valence-electron chi connectivity index (χ2n) is 5.34. The molecule has 0 heterocycles. The molecule has 1 N–H and O–H groups in total. The fraction of sp³-hybridized carbons (Fsp3) is 0.533. The first-order chi connectivity index (χ1) is 10.0. The number of methoxy groups -OCH3 is 1. The molecule has 1 aromatic carbocycles. The third-order valence-electron chi connectivity index (χ3n) is 3.30. The van der Waals surface area contributed by atoms with Gasteiger partial charge in [-0.1, -0.05) is 11.6 Å². The van der Waals surface area contributed by atoms with Crippen molar-refractivity contribution in [2.45, 2.75) is 25.4 Å². The Hall–Kier alpha value is -1.46. The maximum Gasteiger partial charge on any atom is 0.259 e. The molecule has 0 bridgehead atoms. The lowest BCUT2D eigenvalue weighted by Crippen LogP contribution is -2.27. The molecule has 1 aliphatic rings. The topological polar surface area (TPSA) is 50.8 Å². The van der Waals surface area contributed by atoms with Crippen molar-refractivity contribution in [3.8, 4) is 11.5 Å². The van der Waals surface area contributed by atoms with Crippen LogP contribution in [-0.2, 0) is 11.3 Å². The summed E-state index contributed by atoms with van der Waals surface area (Å²) in [6.45, 7) is 0.681. The van der Waals surface area contributed by atoms with Gasteiger partial charge in [0.15, 0.2) is 18.1 Å². The molecule has 5 nitrogen and oxygen atoms in total. The first kappa shape index (κ1) is 15.9. The van der Waals surface area contributed by atoms with Crippen molar-refractivity contribution in [2.75, 3.05) is 27.8 Å². The van der Waals surface area contributed by atoms with Gasteiger partial charge in [0, 0.05) is 26.7 Å². The molecule has 2 rings (SSSR count). The van der Waals surface area contributed by atoms with Crippen molar-refractivity contribution in [3.05, 3.63) is 22.7 Å². The van der Waals surface area contributed by atoms with Crippen LogP contribution >= 0.6 is 11.6 Å². The van der Waals surface area contributed by atoms with Gasteiger partial charge in [-0.05, 0) is 30.5 Å². The van der Waals surface area contributed by atoms with E-state index in [0.29, 0.717) is 22.6 Å². The minimum absolute atomic E-state index is 0.0667. The molecule has 1 amide bonds. The van der Waals surface area contributed by atoms with Gasteiger partial charge in [-0.25, -0.2) is 0 Å². The molecule has 1 saturated carbocycles. The molecule has 0 aromatic heterocycles. The van der Waals surface area contributed by atoms with E-state index in [2.05, 4.69) is 5.32 Å². The summed E-state index contributed by atoms with van der Waals surface area (Å²) < 4.78 is 10.8. The van der Waals surface area contributed by atoms with E-state index in [1.54, 1.807) is 21.2 Å². The summed E-state index contributed by atoms with van der Waals surface area (Å²) in [7, 11) is 4.92. The van der Waals surface area contributed by atoms with Crippen LogP contribution in [0.15, 0.2) is 12.1 Å². The summed E-state index contributed by atoms with van der Waals surface area (Å²) >= 11 is 6.25. The van der Waals surface area contributed by atoms with E-state index in [9.17, 15) is 4.79 Å². The highest BCUT2D eigenvalue weighted by atomic mass is 35.5. The smallest absolute Gasteiger partial charge is 0.259 e. The van der Waals surface area contributed by atoms with Gasteiger partial charge < -0.3 is 19.7 Å². The predicted octanol–water partition coefficient (Wildman–Crippen LogP) is 2.07. The van der Waals surface area contributed by atoms with Crippen LogP contribution in [-0.4, -0.2) is 44.7 Å². The van der Waals surface area contributed by atoms with Crippen LogP contribution < -0.4 is 14.8 Å². The average molecular weight is 313 g/mol. The second-order valence-corrected chi connectivity index (χ2v) is 5.75. The highest BCUT2D eigenvalue weighted by Crippen LogP contribution is 2.36. The van der Waals surface area contributed by atoms with Gasteiger partial charge in [0.25, 0.3) is 5.91 Å². The average Bonchev–Trinajstić information content (AvgIpc) is 3.27. The Kier molecular flexibility index (Phi) is 5.31. The van der Waals surface area contributed by atoms with Crippen molar-refractivity contribution < 1.29 is 14.3 Å². The summed E-state index contributed by atoms with van der Waals surface area (Å²) in [5, 5.41) is 3.87. The van der Waals surface area contributed by atoms with Crippen LogP contribution in [0.3, 0.4) is 0 Å². The fourth-order valence-corrected chi connectivity index (χ4v) is 2.12. The molecule has 0 spiro atoms. The number of nitrogens with zero attached hydrogens (tertiary/aromatic N) is 1. The highest BCUT2D eigenvalue weighted by molar-refractivity contribution is 6.32. The van der Waals surface area contributed by atoms with E-state index in [1.165, 1.54) is 17.7 Å². The molecule has 0 unspecified atom stereocenters. The summed E-state index contributed by atoms with van der Waals surface area (Å²) in [6.07, 6.45) is 2.47. The number of rotatable bonds is 7. The number of likely N-dealkylation sites (N-methyl/N-ethyl adjacent to an activating group) is 1. The van der Waals surface area contributed by atoms with Crippen molar-refractivity contribution in [3.63, 3.8) is 0 Å². The number of ether oxygens (including phenoxy) is 2. The van der Waals surface area contributed by atoms with Gasteiger partial charge in [0.1, 0.15) is 0 Å². The quantitative estimate of drug-likeness (QED) is 0.837. The Morgan fingerprint density at radius 2 is 2.14 bits per heavy atom. The van der Waals surface area contributed by atoms with Crippen molar-refractivity contribution in [2.24, 2.45) is 0 Å². The first-order valence-electron chi connectivity index (χ1n) is 6.94. The molecule has 0 radical (unpaired) electrons. The number of nitrogens with one attached hydrogen (secondary N) is 1. The van der Waals surface area contributed by atoms with Crippen molar-refractivity contribution in [1.29, 1.82) is 0 Å². The molecule has 1 aromatic rings. The van der Waals surface area contributed by atoms with E-state index < -0.39 is 0 Å². The Morgan fingerprint density at radius 3 is 2.71 bits per heavy atom. The zero-order valence-corrected chi connectivity index (χ0v) is 13.4. The van der Waals surface area contributed by atoms with E-state index in [4.69, 9.17) is 21.1 Å². The molecule has 6 heteroatoms. The predicted molar refractivity (Wildman–Crippen MR) is 82.1 cm³/mol. The van der Waals surface area contributed by atoms with Gasteiger partial charge in [-0.3, -0.25) is 4.79 Å². The van der Waals surface area contributed by atoms with Gasteiger partial charge in [0.2, 0.25) is 0 Å². The Balaban J connectivity index is 2.06. The molecule has 116 valence electrons. The zero-order valence-electron chi connectivity index (χ0n) is 12.6. The molecule has 1 fully saturated rings. The van der Waals surface area contributed by atoms with Crippen LogP contribution in [0.25, 0.3) is 0 Å². The molecule has 0 saturated heterocycles. The lowest BCUT2D eigenvalue weighted by molar-refractivity contribution is -0.130. The van der Waals surface area contributed by atoms with Crippen LogP contribution in [0, 0.1) is 0 Å². The second kappa shape index (κ2) is 7.00. The summed E-state index contributed by atoms with van der Waals surface area (Å²) in [5.41, 5.74) is 1.04. The highest BCUT2D eigenvalue weighted by Gasteiger charge is 2.21. The standard InChI is InChI=1S/C15H21ClN2O3/c1-18(2)14(19)9-21-15-12(16)6-10(7-13(15)20-3)8-17-11-4-5-11/h6-7,11,17H,4-5,8-9H2,1-3H3. The Morgan fingerprint density at radius 1 is 1.43 bits per heavy atom. The summed E-state index contributed by atoms with van der Waals surface area (Å²) in [5.74, 6) is 0.818. The van der Waals surface area contributed by atoms with Gasteiger partial charge in [-0.15, -0.1) is 0 Å². The molecule has 1 aliphatic carbocycles. The number of hydrogen-bond acceptors (Lipinski definition) is 4. The number of benzene rings is 1. The Labute approximate surface area is 130 Å². The Bertz CT molecular complexity index is 516. The van der Waals surface area contributed by atoms with E-state index in [0.717, 1.165) is 12.1 Å². The largest absolute Gasteiger partial charge is 0.493 e. The van der Waals surface area contributed by atoms with E-state index in [-0.39, 0.29) is 12.5 Å². The lowest BCUT2D eigenvalue weighted by Gasteiger charge is -2.16. The molecule has 0 aliphatic heterocycles. The monoisotopic (exact) mass is 312 g/mol. The third kappa shape index (κ3) is 4.51. The van der Waals surface area contributed by atoms with Gasteiger partial charge in [-0.2, -0.15) is 0 Å². The number of amides is 1. The normalized spacial score (nSPS) is 13.9. The lowest BCUT2D eigenvalue weighted by atomic mass is 10.2. The van der Waals surface area contributed by atoms with Crippen LogP contribution in [0.4, 0.5) is 0 Å². The van der Waals surface area contributed by atoms with Gasteiger partial charge >= 0.3 is 0 Å². The number of carbonyl (C=O) groups excluding carboxylic acids is 1. The third-order valence-corrected chi connectivity index (χ3v) is 3.58. The molecule has 0 atom stereocenters. The zero-order chi connectivity index (χ0) is 15.4. The SMILES string of the molecule is COc1cc(CNC2CC2)cc(Cl)c1OCC(=O)N(C)C. The van der Waals surface area contributed by atoms with E-state index >= 15 is 0 Å². The maximum absolute atomic E-state index is 11.6. The van der Waals surface area contributed by atoms with Crippen molar-refractivity contribution >= 4 is 17.5 Å². The van der Waals surface area contributed by atoms with Crippen LogP contribution in [0.2, 0.25) is 5.02 Å². The summed E-state index contributed by atoms with van der Waals surface area (Å²) in [6, 6.07) is 4.36. The molecular weight excluding hydrogens is 292 g/mol. The van der Waals surface area contributed by atoms with Gasteiger partial charge in [0.05, 0.1) is 12.1 Å². The van der Waals surface area contributed by atoms with E-state index in [1.807, 2.05) is 12.1 Å². The first-order valence-corrected chi connectivity index (χ1v) is 7.31. The number of halogens is 1. The minimum atomic E-state index is -0.132. The number of carbonyl (C=O) groups is 1. The number of hydrogen-bond donors (Lipinski definition) is 1. The fourth-order valence-electron chi connectivity index (χ4n) is 1.83. The van der Waals surface area contributed by atoms with Crippen LogP contribution in [0.5, 0.6) is 11.5 Å². The molecule has 21 heavy (non-hydrogen) atoms. The minimum Gasteiger partial charge on any atom is -0.493 e. The van der Waals surface area contributed by atoms with Crippen LogP contribution in [0.1, 0.15) is 18.4 Å². The molecular formula is C15H21ClN2O3.